The maximum atomic E-state index is 13.6. The number of phenolic OH excluding ortho intramolecular Hbond substituents is 1. The van der Waals surface area contributed by atoms with Crippen LogP contribution in [0.5, 0.6) is 11.5 Å². The van der Waals surface area contributed by atoms with E-state index in [9.17, 15) is 29.4 Å². The molecule has 2 bridgehead atoms. The van der Waals surface area contributed by atoms with Gasteiger partial charge in [-0.05, 0) is 56.0 Å². The molecular formula is C31H30Cl2N2O11. The van der Waals surface area contributed by atoms with E-state index in [0.717, 1.165) is 11.1 Å². The van der Waals surface area contributed by atoms with Crippen molar-refractivity contribution in [3.63, 3.8) is 0 Å². The van der Waals surface area contributed by atoms with E-state index >= 15 is 0 Å². The number of carbonyl (C=O) groups excluding carboxylic acids is 2. The Balaban J connectivity index is 0.000000324. The molecule has 5 aliphatic rings. The first-order valence-electron chi connectivity index (χ1n) is 14.5. The molecule has 46 heavy (non-hydrogen) atoms. The fraction of sp³-hybridized carbons (Fsp3) is 0.419. The number of ether oxygens (including phenoxy) is 1. The smallest absolute Gasteiger partial charge is 0.335 e. The van der Waals surface area contributed by atoms with Crippen molar-refractivity contribution in [1.29, 1.82) is 0 Å². The number of aliphatic hydroxyl groups excluding tert-OH is 2. The first-order chi connectivity index (χ1) is 21.7. The number of hydrogen-bond acceptors (Lipinski definition) is 10. The van der Waals surface area contributed by atoms with Gasteiger partial charge in [-0.2, -0.15) is 0 Å². The average molecular weight is 677 g/mol. The molecule has 2 aromatic rings. The van der Waals surface area contributed by atoms with Gasteiger partial charge >= 0.3 is 11.9 Å². The van der Waals surface area contributed by atoms with Crippen LogP contribution in [0.2, 0.25) is 10.0 Å². The third-order valence-corrected chi connectivity index (χ3v) is 10.7. The maximum Gasteiger partial charge on any atom is 0.335 e. The fourth-order valence-electron chi connectivity index (χ4n) is 8.08. The lowest BCUT2D eigenvalue weighted by molar-refractivity contribution is -0.194. The van der Waals surface area contributed by atoms with Crippen LogP contribution in [-0.4, -0.2) is 113 Å². The molecule has 6 N–H and O–H groups in total. The zero-order chi connectivity index (χ0) is 33.5. The molecule has 7 rings (SSSR count). The molecular weight excluding hydrogens is 647 g/mol. The van der Waals surface area contributed by atoms with Crippen molar-refractivity contribution >= 4 is 47.0 Å². The summed E-state index contributed by atoms with van der Waals surface area (Å²) in [5, 5.41) is 56.2. The highest BCUT2D eigenvalue weighted by molar-refractivity contribution is 6.43. The van der Waals surface area contributed by atoms with Crippen molar-refractivity contribution in [2.24, 2.45) is 0 Å². The number of carboxylic acid groups (broad SMARTS) is 2. The van der Waals surface area contributed by atoms with Crippen molar-refractivity contribution in [3.8, 4) is 11.5 Å². The number of benzene rings is 2. The zero-order valence-electron chi connectivity index (χ0n) is 24.1. The SMILES string of the molecule is C=CCN1CC[C@]23c4c5ccc(O)c4O[C@H]2[C@H](N2C(=O)c4cc(Cl)c(Cl)cc4C2=O)CC[C@@]3(O)[C@H]1C5.O=C(O)C(O)C(O)C(=O)O. The maximum absolute atomic E-state index is 13.6. The minimum atomic E-state index is -2.27. The first-order valence-corrected chi connectivity index (χ1v) is 15.2. The number of imide groups is 1. The molecule has 2 unspecified atom stereocenters. The Bertz CT molecular complexity index is 1640. The summed E-state index contributed by atoms with van der Waals surface area (Å²) in [4.78, 5) is 50.2. The molecule has 15 heteroatoms. The van der Waals surface area contributed by atoms with Crippen LogP contribution in [0.4, 0.5) is 0 Å². The van der Waals surface area contributed by atoms with E-state index in [0.29, 0.717) is 44.5 Å². The molecule has 0 aromatic heterocycles. The van der Waals surface area contributed by atoms with Crippen LogP contribution in [0.3, 0.4) is 0 Å². The van der Waals surface area contributed by atoms with Crippen molar-refractivity contribution in [2.45, 2.75) is 67.1 Å². The Kier molecular flexibility index (Phi) is 7.86. The predicted octanol–water partition coefficient (Wildman–Crippen LogP) is 1.58. The van der Waals surface area contributed by atoms with Gasteiger partial charge < -0.3 is 35.4 Å². The Morgan fingerprint density at radius 3 is 2.17 bits per heavy atom. The summed E-state index contributed by atoms with van der Waals surface area (Å²) in [6, 6.07) is 5.62. The summed E-state index contributed by atoms with van der Waals surface area (Å²) < 4.78 is 6.49. The molecule has 0 radical (unpaired) electrons. The minimum absolute atomic E-state index is 0.00604. The summed E-state index contributed by atoms with van der Waals surface area (Å²) in [6.45, 7) is 5.25. The number of likely N-dealkylation sites (tertiary alicyclic amines) is 1. The molecule has 1 saturated carbocycles. The quantitative estimate of drug-likeness (QED) is 0.191. The van der Waals surface area contributed by atoms with Crippen molar-refractivity contribution in [2.75, 3.05) is 13.1 Å². The molecule has 2 fully saturated rings. The Labute approximate surface area is 271 Å². The van der Waals surface area contributed by atoms with Crippen molar-refractivity contribution < 1.29 is 54.6 Å². The van der Waals surface area contributed by atoms with Crippen LogP contribution in [0.25, 0.3) is 0 Å². The standard InChI is InChI=1S/C27H24Cl2N2O5.C4H6O6/c1-2-8-30-9-7-26-21-13-3-4-19(32)22(21)36-23(26)18(5-6-27(26,35)20(30)10-13)31-24(33)14-11-16(28)17(29)12-15(14)25(31)34;5-1(3(7)8)2(6)4(9)10/h2-4,11-12,18,20,23,32,35H,1,5-10H2;1-2,5-6H,(H,7,8)(H,9,10)/t18-,20-,23+,26+,27-;/m1./s1. The Morgan fingerprint density at radius 1 is 1.04 bits per heavy atom. The van der Waals surface area contributed by atoms with E-state index in [2.05, 4.69) is 11.5 Å². The van der Waals surface area contributed by atoms with Crippen LogP contribution in [0.1, 0.15) is 51.1 Å². The van der Waals surface area contributed by atoms with Gasteiger partial charge in [-0.3, -0.25) is 19.4 Å². The fourth-order valence-corrected chi connectivity index (χ4v) is 8.40. The number of nitrogens with zero attached hydrogens (tertiary/aromatic N) is 2. The summed E-state index contributed by atoms with van der Waals surface area (Å²) in [5.74, 6) is -4.06. The highest BCUT2D eigenvalue weighted by atomic mass is 35.5. The summed E-state index contributed by atoms with van der Waals surface area (Å²) >= 11 is 12.3. The number of amides is 2. The zero-order valence-corrected chi connectivity index (χ0v) is 25.6. The van der Waals surface area contributed by atoms with Gasteiger partial charge in [0, 0.05) is 18.2 Å². The van der Waals surface area contributed by atoms with E-state index in [4.69, 9.17) is 48.4 Å². The first kappa shape index (κ1) is 32.2. The van der Waals surface area contributed by atoms with Gasteiger partial charge in [0.1, 0.15) is 6.10 Å². The van der Waals surface area contributed by atoms with Gasteiger partial charge in [0.2, 0.25) is 0 Å². The number of aliphatic carboxylic acids is 2. The molecule has 3 aliphatic heterocycles. The molecule has 2 aromatic carbocycles. The van der Waals surface area contributed by atoms with Gasteiger partial charge in [0.15, 0.2) is 23.7 Å². The number of fused-ring (bicyclic) bond motifs is 1. The minimum Gasteiger partial charge on any atom is -0.504 e. The van der Waals surface area contributed by atoms with Gasteiger partial charge in [-0.15, -0.1) is 6.58 Å². The number of carbonyl (C=O) groups is 4. The molecule has 2 aliphatic carbocycles. The second kappa shape index (κ2) is 11.2. The lowest BCUT2D eigenvalue weighted by Crippen LogP contribution is -2.78. The molecule has 13 nitrogen and oxygen atoms in total. The number of phenols is 1. The van der Waals surface area contributed by atoms with Gasteiger partial charge in [0.05, 0.1) is 38.2 Å². The van der Waals surface area contributed by atoms with E-state index in [1.165, 1.54) is 17.0 Å². The second-order valence-electron chi connectivity index (χ2n) is 12.1. The topological polar surface area (TPSA) is 205 Å². The molecule has 2 amide bonds. The van der Waals surface area contributed by atoms with Gasteiger partial charge in [-0.1, -0.05) is 35.3 Å². The highest BCUT2D eigenvalue weighted by Gasteiger charge is 2.74. The normalized spacial score (nSPS) is 29.9. The molecule has 3 heterocycles. The summed E-state index contributed by atoms with van der Waals surface area (Å²) in [6.07, 6.45) is -1.42. The number of aromatic hydroxyl groups is 1. The Morgan fingerprint density at radius 2 is 1.63 bits per heavy atom. The molecule has 244 valence electrons. The molecule has 1 spiro atoms. The number of carboxylic acids is 2. The largest absolute Gasteiger partial charge is 0.504 e. The molecule has 1 saturated heterocycles. The summed E-state index contributed by atoms with van der Waals surface area (Å²) in [5.41, 5.74) is 0.285. The third kappa shape index (κ3) is 4.37. The van der Waals surface area contributed by atoms with E-state index in [-0.39, 0.29) is 33.0 Å². The predicted molar refractivity (Wildman–Crippen MR) is 160 cm³/mol. The van der Waals surface area contributed by atoms with E-state index in [1.807, 2.05) is 12.1 Å². The number of rotatable bonds is 6. The Hall–Kier alpha value is -3.72. The van der Waals surface area contributed by atoms with Crippen molar-refractivity contribution in [1.82, 2.24) is 9.80 Å². The van der Waals surface area contributed by atoms with Crippen LogP contribution in [0, 0.1) is 0 Å². The van der Waals surface area contributed by atoms with Gasteiger partial charge in [-0.25, -0.2) is 9.59 Å². The van der Waals surface area contributed by atoms with E-state index in [1.54, 1.807) is 6.07 Å². The monoisotopic (exact) mass is 676 g/mol. The lowest BCUT2D eigenvalue weighted by atomic mass is 9.48. The number of halogens is 2. The van der Waals surface area contributed by atoms with Crippen LogP contribution in [-0.2, 0) is 21.4 Å². The number of hydrogen-bond donors (Lipinski definition) is 6. The van der Waals surface area contributed by atoms with Crippen molar-refractivity contribution in [3.05, 3.63) is 69.2 Å². The number of aliphatic hydroxyl groups is 3. The summed E-state index contributed by atoms with van der Waals surface area (Å²) in [7, 11) is 0. The van der Waals surface area contributed by atoms with Crippen LogP contribution < -0.4 is 4.74 Å². The van der Waals surface area contributed by atoms with Crippen LogP contribution in [0.15, 0.2) is 36.9 Å². The average Bonchev–Trinajstić information content (AvgIpc) is 3.48. The number of piperidine rings is 1. The highest BCUT2D eigenvalue weighted by Crippen LogP contribution is 2.66. The van der Waals surface area contributed by atoms with Crippen LogP contribution >= 0.6 is 23.2 Å². The lowest BCUT2D eigenvalue weighted by Gasteiger charge is -2.64. The van der Waals surface area contributed by atoms with E-state index < -0.39 is 59.1 Å². The third-order valence-electron chi connectivity index (χ3n) is 10.0. The second-order valence-corrected chi connectivity index (χ2v) is 12.9. The molecule has 7 atom stereocenters. The van der Waals surface area contributed by atoms with Gasteiger partial charge in [0.25, 0.3) is 11.8 Å².